The molecule has 0 aliphatic heterocycles. The van der Waals surface area contributed by atoms with Crippen molar-refractivity contribution in [3.8, 4) is 0 Å². The van der Waals surface area contributed by atoms with Gasteiger partial charge in [-0.05, 0) is 16.3 Å². The highest BCUT2D eigenvalue weighted by Gasteiger charge is 2.30. The second kappa shape index (κ2) is 3.96. The van der Waals surface area contributed by atoms with E-state index in [1.807, 2.05) is 23.4 Å². The standard InChI is InChI=1S/C12H9F2NO/c13-12(14,15-16)8-10-6-3-5-9-4-1-2-7-11(9)10/h1-7H,8H2. The van der Waals surface area contributed by atoms with Crippen molar-refractivity contribution in [2.45, 2.75) is 12.5 Å². The lowest BCUT2D eigenvalue weighted by atomic mass is 10.0. The van der Waals surface area contributed by atoms with Crippen LogP contribution in [0.4, 0.5) is 8.78 Å². The topological polar surface area (TPSA) is 29.4 Å². The van der Waals surface area contributed by atoms with Crippen LogP contribution < -0.4 is 0 Å². The summed E-state index contributed by atoms with van der Waals surface area (Å²) in [6, 6.07) is 8.78. The minimum absolute atomic E-state index is 0.433. The predicted octanol–water partition coefficient (Wildman–Crippen LogP) is 3.74. The Morgan fingerprint density at radius 1 is 1.06 bits per heavy atom. The predicted molar refractivity (Wildman–Crippen MR) is 58.4 cm³/mol. The van der Waals surface area contributed by atoms with E-state index < -0.39 is 12.5 Å². The number of fused-ring (bicyclic) bond motifs is 1. The van der Waals surface area contributed by atoms with Crippen molar-refractivity contribution >= 4 is 10.8 Å². The summed E-state index contributed by atoms with van der Waals surface area (Å²) in [5.41, 5.74) is 0.433. The van der Waals surface area contributed by atoms with Gasteiger partial charge in [0, 0.05) is 5.18 Å². The van der Waals surface area contributed by atoms with Crippen molar-refractivity contribution in [2.75, 3.05) is 0 Å². The minimum atomic E-state index is -3.54. The normalized spacial score (nSPS) is 11.6. The summed E-state index contributed by atoms with van der Waals surface area (Å²) >= 11 is 0. The van der Waals surface area contributed by atoms with Crippen LogP contribution in [0, 0.1) is 4.91 Å². The number of hydrogen-bond acceptors (Lipinski definition) is 2. The molecule has 0 unspecified atom stereocenters. The number of rotatable bonds is 3. The average Bonchev–Trinajstić information content (AvgIpc) is 2.29. The molecule has 0 radical (unpaired) electrons. The van der Waals surface area contributed by atoms with Crippen molar-refractivity contribution in [1.82, 2.24) is 0 Å². The van der Waals surface area contributed by atoms with Crippen LogP contribution in [-0.4, -0.2) is 6.05 Å². The van der Waals surface area contributed by atoms with Crippen LogP contribution in [0.5, 0.6) is 0 Å². The minimum Gasteiger partial charge on any atom is -0.177 e. The third-order valence-corrected chi connectivity index (χ3v) is 2.42. The molecule has 2 aromatic carbocycles. The zero-order chi connectivity index (χ0) is 11.6. The lowest BCUT2D eigenvalue weighted by Gasteiger charge is -2.09. The van der Waals surface area contributed by atoms with Crippen molar-refractivity contribution in [2.24, 2.45) is 5.18 Å². The Labute approximate surface area is 90.9 Å². The molecule has 0 N–H and O–H groups in total. The van der Waals surface area contributed by atoms with Crippen molar-refractivity contribution < 1.29 is 8.78 Å². The third-order valence-electron chi connectivity index (χ3n) is 2.42. The van der Waals surface area contributed by atoms with E-state index in [2.05, 4.69) is 0 Å². The van der Waals surface area contributed by atoms with Crippen molar-refractivity contribution in [1.29, 1.82) is 0 Å². The molecule has 0 aliphatic carbocycles. The molecule has 0 amide bonds. The van der Waals surface area contributed by atoms with E-state index >= 15 is 0 Å². The molecule has 82 valence electrons. The fraction of sp³-hybridized carbons (Fsp3) is 0.167. The van der Waals surface area contributed by atoms with Crippen LogP contribution in [0.1, 0.15) is 5.56 Å². The van der Waals surface area contributed by atoms with Crippen LogP contribution in [-0.2, 0) is 6.42 Å². The first kappa shape index (κ1) is 10.7. The molecular formula is C12H9F2NO. The molecule has 4 heteroatoms. The molecule has 0 spiro atoms. The van der Waals surface area contributed by atoms with Gasteiger partial charge in [0.2, 0.25) is 0 Å². The maximum absolute atomic E-state index is 12.9. The van der Waals surface area contributed by atoms with E-state index in [9.17, 15) is 13.7 Å². The van der Waals surface area contributed by atoms with E-state index in [-0.39, 0.29) is 0 Å². The molecule has 2 rings (SSSR count). The fourth-order valence-corrected chi connectivity index (χ4v) is 1.71. The first-order chi connectivity index (χ1) is 7.62. The number of nitrogens with zero attached hydrogens (tertiary/aromatic N) is 1. The molecule has 0 bridgehead atoms. The van der Waals surface area contributed by atoms with Gasteiger partial charge in [-0.15, -0.1) is 4.91 Å². The monoisotopic (exact) mass is 221 g/mol. The second-order valence-electron chi connectivity index (χ2n) is 3.57. The van der Waals surface area contributed by atoms with Gasteiger partial charge in [0.05, 0.1) is 6.42 Å². The maximum atomic E-state index is 12.9. The van der Waals surface area contributed by atoms with Gasteiger partial charge in [0.15, 0.2) is 0 Å². The Kier molecular flexibility index (Phi) is 2.64. The summed E-state index contributed by atoms with van der Waals surface area (Å²) in [6.45, 7) is 0. The molecular weight excluding hydrogens is 212 g/mol. The first-order valence-corrected chi connectivity index (χ1v) is 4.81. The Morgan fingerprint density at radius 3 is 2.50 bits per heavy atom. The van der Waals surface area contributed by atoms with Gasteiger partial charge in [0.25, 0.3) is 0 Å². The number of benzene rings is 2. The molecule has 0 heterocycles. The number of nitroso groups, excluding NO2 is 1. The van der Waals surface area contributed by atoms with Gasteiger partial charge in [-0.1, -0.05) is 42.5 Å². The largest absolute Gasteiger partial charge is 0.381 e. The molecule has 2 nitrogen and oxygen atoms in total. The summed E-state index contributed by atoms with van der Waals surface area (Å²) in [7, 11) is 0. The van der Waals surface area contributed by atoms with Gasteiger partial charge >= 0.3 is 6.05 Å². The first-order valence-electron chi connectivity index (χ1n) is 4.81. The zero-order valence-corrected chi connectivity index (χ0v) is 8.36. The zero-order valence-electron chi connectivity index (χ0n) is 8.36. The highest BCUT2D eigenvalue weighted by Crippen LogP contribution is 2.26. The van der Waals surface area contributed by atoms with Gasteiger partial charge in [-0.25, -0.2) is 0 Å². The van der Waals surface area contributed by atoms with E-state index in [4.69, 9.17) is 0 Å². The Balaban J connectivity index is 2.49. The molecule has 0 saturated heterocycles. The summed E-state index contributed by atoms with van der Waals surface area (Å²) in [5.74, 6) is 0. The number of halogens is 2. The fourth-order valence-electron chi connectivity index (χ4n) is 1.71. The average molecular weight is 221 g/mol. The molecule has 2 aromatic rings. The lowest BCUT2D eigenvalue weighted by molar-refractivity contribution is 0.0100. The molecule has 0 aliphatic rings. The van der Waals surface area contributed by atoms with Crippen molar-refractivity contribution in [3.05, 3.63) is 52.9 Å². The molecule has 16 heavy (non-hydrogen) atoms. The highest BCUT2D eigenvalue weighted by atomic mass is 19.3. The summed E-state index contributed by atoms with van der Waals surface area (Å²) < 4.78 is 25.8. The Bertz CT molecular complexity index is 520. The second-order valence-corrected chi connectivity index (χ2v) is 3.57. The van der Waals surface area contributed by atoms with Gasteiger partial charge in [-0.3, -0.25) is 0 Å². The third kappa shape index (κ3) is 2.05. The van der Waals surface area contributed by atoms with E-state index in [0.29, 0.717) is 5.56 Å². The highest BCUT2D eigenvalue weighted by molar-refractivity contribution is 5.85. The molecule has 0 fully saturated rings. The number of hydrogen-bond donors (Lipinski definition) is 0. The quantitative estimate of drug-likeness (QED) is 0.573. The van der Waals surface area contributed by atoms with Crippen molar-refractivity contribution in [3.63, 3.8) is 0 Å². The van der Waals surface area contributed by atoms with Crippen LogP contribution >= 0.6 is 0 Å². The smallest absolute Gasteiger partial charge is 0.177 e. The van der Waals surface area contributed by atoms with Crippen LogP contribution in [0.3, 0.4) is 0 Å². The molecule has 0 aromatic heterocycles. The summed E-state index contributed by atoms with van der Waals surface area (Å²) in [5, 5.41) is 3.45. The van der Waals surface area contributed by atoms with Crippen LogP contribution in [0.15, 0.2) is 47.6 Å². The van der Waals surface area contributed by atoms with E-state index in [0.717, 1.165) is 10.8 Å². The van der Waals surface area contributed by atoms with Crippen LogP contribution in [0.25, 0.3) is 10.8 Å². The Hall–Kier alpha value is -1.84. The van der Waals surface area contributed by atoms with Gasteiger partial charge in [0.1, 0.15) is 0 Å². The SMILES string of the molecule is O=NC(F)(F)Cc1cccc2ccccc12. The van der Waals surface area contributed by atoms with Gasteiger partial charge < -0.3 is 0 Å². The van der Waals surface area contributed by atoms with Crippen LogP contribution in [0.2, 0.25) is 0 Å². The maximum Gasteiger partial charge on any atom is 0.381 e. The molecule has 0 saturated carbocycles. The summed E-state index contributed by atoms with van der Waals surface area (Å²) in [4.78, 5) is 9.97. The van der Waals surface area contributed by atoms with E-state index in [1.54, 1.807) is 24.3 Å². The summed E-state index contributed by atoms with van der Waals surface area (Å²) in [6.07, 6.45) is -0.655. The molecule has 0 atom stereocenters. The lowest BCUT2D eigenvalue weighted by Crippen LogP contribution is -2.15. The Morgan fingerprint density at radius 2 is 1.75 bits per heavy atom. The van der Waals surface area contributed by atoms with E-state index in [1.165, 1.54) is 0 Å². The van der Waals surface area contributed by atoms with Gasteiger partial charge in [-0.2, -0.15) is 8.78 Å². The number of alkyl halides is 2.